The number of hydrogen-bond acceptors (Lipinski definition) is 3. The fourth-order valence-corrected chi connectivity index (χ4v) is 1.21. The van der Waals surface area contributed by atoms with Crippen LogP contribution in [0.2, 0.25) is 0 Å². The first-order valence-electron chi connectivity index (χ1n) is 5.23. The summed E-state index contributed by atoms with van der Waals surface area (Å²) in [6.45, 7) is 2.45. The van der Waals surface area contributed by atoms with Crippen LogP contribution in [-0.2, 0) is 0 Å². The van der Waals surface area contributed by atoms with Gasteiger partial charge in [0, 0.05) is 12.1 Å². The van der Waals surface area contributed by atoms with Gasteiger partial charge in [0.2, 0.25) is 0 Å². The largest absolute Gasteiger partial charge is 0.393 e. The fraction of sp³-hybridized carbons (Fsp3) is 0.417. The molecule has 0 fully saturated rings. The Morgan fingerprint density at radius 3 is 2.71 bits per heavy atom. The average Bonchev–Trinajstić information content (AvgIpc) is 2.30. The standard InChI is InChI=1S/C12H16FNO3/c1-8-5-9(3-4-10(8)13)11(16)14-6-12(2,17)7-15/h3-5,15,17H,6-7H2,1-2H3,(H,14,16). The second-order valence-electron chi connectivity index (χ2n) is 4.30. The van der Waals surface area contributed by atoms with Crippen LogP contribution in [0.5, 0.6) is 0 Å². The molecular formula is C12H16FNO3. The first kappa shape index (κ1) is 13.6. The maximum atomic E-state index is 13.0. The molecule has 0 bridgehead atoms. The highest BCUT2D eigenvalue weighted by molar-refractivity contribution is 5.94. The van der Waals surface area contributed by atoms with Gasteiger partial charge in [0.25, 0.3) is 5.91 Å². The average molecular weight is 241 g/mol. The molecule has 5 heteroatoms. The Hall–Kier alpha value is -1.46. The Bertz CT molecular complexity index is 418. The molecule has 4 nitrogen and oxygen atoms in total. The maximum Gasteiger partial charge on any atom is 0.251 e. The number of aryl methyl sites for hydroxylation is 1. The summed E-state index contributed by atoms with van der Waals surface area (Å²) >= 11 is 0. The molecule has 0 saturated heterocycles. The predicted molar refractivity (Wildman–Crippen MR) is 61.2 cm³/mol. The molecule has 1 rings (SSSR count). The number of aliphatic hydroxyl groups excluding tert-OH is 1. The second-order valence-corrected chi connectivity index (χ2v) is 4.30. The third-order valence-electron chi connectivity index (χ3n) is 2.39. The zero-order chi connectivity index (χ0) is 13.1. The van der Waals surface area contributed by atoms with Gasteiger partial charge in [0.05, 0.1) is 6.61 Å². The molecule has 1 aromatic carbocycles. The summed E-state index contributed by atoms with van der Waals surface area (Å²) < 4.78 is 13.0. The third-order valence-corrected chi connectivity index (χ3v) is 2.39. The molecule has 0 spiro atoms. The zero-order valence-electron chi connectivity index (χ0n) is 9.83. The van der Waals surface area contributed by atoms with Crippen molar-refractivity contribution in [1.82, 2.24) is 5.32 Å². The van der Waals surface area contributed by atoms with Crippen LogP contribution in [0, 0.1) is 12.7 Å². The summed E-state index contributed by atoms with van der Waals surface area (Å²) in [6.07, 6.45) is 0. The van der Waals surface area contributed by atoms with Crippen molar-refractivity contribution in [2.24, 2.45) is 0 Å². The predicted octanol–water partition coefficient (Wildman–Crippen LogP) is 0.607. The number of benzene rings is 1. The lowest BCUT2D eigenvalue weighted by Crippen LogP contribution is -2.43. The van der Waals surface area contributed by atoms with Crippen LogP contribution in [0.4, 0.5) is 4.39 Å². The summed E-state index contributed by atoms with van der Waals surface area (Å²) in [5.74, 6) is -0.786. The molecule has 0 aliphatic heterocycles. The van der Waals surface area contributed by atoms with Gasteiger partial charge in [-0.2, -0.15) is 0 Å². The van der Waals surface area contributed by atoms with E-state index < -0.39 is 18.1 Å². The van der Waals surface area contributed by atoms with Crippen LogP contribution in [0.1, 0.15) is 22.8 Å². The number of carbonyl (C=O) groups is 1. The van der Waals surface area contributed by atoms with Crippen LogP contribution in [-0.4, -0.2) is 34.9 Å². The number of amides is 1. The third kappa shape index (κ3) is 3.80. The lowest BCUT2D eigenvalue weighted by molar-refractivity contribution is 0.00320. The Balaban J connectivity index is 2.68. The molecule has 0 aromatic heterocycles. The first-order valence-corrected chi connectivity index (χ1v) is 5.23. The Morgan fingerprint density at radius 1 is 1.53 bits per heavy atom. The van der Waals surface area contributed by atoms with E-state index in [1.165, 1.54) is 25.1 Å². The SMILES string of the molecule is Cc1cc(C(=O)NCC(C)(O)CO)ccc1F. The molecule has 0 aliphatic carbocycles. The van der Waals surface area contributed by atoms with Crippen molar-refractivity contribution in [1.29, 1.82) is 0 Å². The summed E-state index contributed by atoms with van der Waals surface area (Å²) in [7, 11) is 0. The second kappa shape index (κ2) is 5.25. The lowest BCUT2D eigenvalue weighted by atomic mass is 10.1. The van der Waals surface area contributed by atoms with E-state index in [0.29, 0.717) is 11.1 Å². The highest BCUT2D eigenvalue weighted by Crippen LogP contribution is 2.09. The van der Waals surface area contributed by atoms with E-state index in [2.05, 4.69) is 5.32 Å². The molecule has 0 radical (unpaired) electrons. The van der Waals surface area contributed by atoms with Crippen LogP contribution >= 0.6 is 0 Å². The van der Waals surface area contributed by atoms with Crippen molar-refractivity contribution in [3.05, 3.63) is 35.1 Å². The van der Waals surface area contributed by atoms with Gasteiger partial charge < -0.3 is 15.5 Å². The number of aliphatic hydroxyl groups is 2. The maximum absolute atomic E-state index is 13.0. The van der Waals surface area contributed by atoms with Crippen LogP contribution in [0.25, 0.3) is 0 Å². The molecule has 94 valence electrons. The van der Waals surface area contributed by atoms with Crippen molar-refractivity contribution < 1.29 is 19.4 Å². The summed E-state index contributed by atoms with van der Waals surface area (Å²) in [5.41, 5.74) is -0.658. The molecule has 1 atom stereocenters. The van der Waals surface area contributed by atoms with E-state index in [1.54, 1.807) is 6.92 Å². The van der Waals surface area contributed by atoms with Gasteiger partial charge in [0.15, 0.2) is 0 Å². The molecule has 0 heterocycles. The normalized spacial score (nSPS) is 14.2. The van der Waals surface area contributed by atoms with Crippen molar-refractivity contribution in [2.45, 2.75) is 19.4 Å². The quantitative estimate of drug-likeness (QED) is 0.723. The van der Waals surface area contributed by atoms with Gasteiger partial charge in [0.1, 0.15) is 11.4 Å². The first-order chi connectivity index (χ1) is 7.85. The number of halogens is 1. The Morgan fingerprint density at radius 2 is 2.18 bits per heavy atom. The highest BCUT2D eigenvalue weighted by Gasteiger charge is 2.20. The van der Waals surface area contributed by atoms with Crippen molar-refractivity contribution in [3.63, 3.8) is 0 Å². The van der Waals surface area contributed by atoms with Gasteiger partial charge in [-0.05, 0) is 37.6 Å². The van der Waals surface area contributed by atoms with E-state index in [0.717, 1.165) is 0 Å². The van der Waals surface area contributed by atoms with Crippen LogP contribution in [0.3, 0.4) is 0 Å². The fourth-order valence-electron chi connectivity index (χ4n) is 1.21. The smallest absolute Gasteiger partial charge is 0.251 e. The molecule has 1 unspecified atom stereocenters. The zero-order valence-corrected chi connectivity index (χ0v) is 9.83. The monoisotopic (exact) mass is 241 g/mol. The van der Waals surface area contributed by atoms with E-state index in [-0.39, 0.29) is 12.4 Å². The van der Waals surface area contributed by atoms with Crippen LogP contribution in [0.15, 0.2) is 18.2 Å². The minimum absolute atomic E-state index is 0.0707. The molecule has 0 saturated carbocycles. The van der Waals surface area contributed by atoms with E-state index >= 15 is 0 Å². The van der Waals surface area contributed by atoms with Gasteiger partial charge in [-0.25, -0.2) is 4.39 Å². The summed E-state index contributed by atoms with van der Waals surface area (Å²) in [4.78, 5) is 11.6. The molecule has 17 heavy (non-hydrogen) atoms. The lowest BCUT2D eigenvalue weighted by Gasteiger charge is -2.20. The minimum atomic E-state index is -1.36. The number of carbonyl (C=O) groups excluding carboxylic acids is 1. The van der Waals surface area contributed by atoms with Crippen molar-refractivity contribution in [3.8, 4) is 0 Å². The molecule has 1 aromatic rings. The Labute approximate surface area is 99.1 Å². The molecule has 0 aliphatic rings. The molecule has 1 amide bonds. The number of nitrogens with one attached hydrogen (secondary N) is 1. The van der Waals surface area contributed by atoms with Gasteiger partial charge in [-0.15, -0.1) is 0 Å². The van der Waals surface area contributed by atoms with E-state index in [1.807, 2.05) is 0 Å². The van der Waals surface area contributed by atoms with Crippen molar-refractivity contribution in [2.75, 3.05) is 13.2 Å². The minimum Gasteiger partial charge on any atom is -0.393 e. The van der Waals surface area contributed by atoms with Gasteiger partial charge in [-0.3, -0.25) is 4.79 Å². The highest BCUT2D eigenvalue weighted by atomic mass is 19.1. The van der Waals surface area contributed by atoms with E-state index in [4.69, 9.17) is 5.11 Å². The summed E-state index contributed by atoms with van der Waals surface area (Å²) in [5, 5.41) is 20.8. The summed E-state index contributed by atoms with van der Waals surface area (Å²) in [6, 6.07) is 4.01. The van der Waals surface area contributed by atoms with Crippen LogP contribution < -0.4 is 5.32 Å². The van der Waals surface area contributed by atoms with E-state index in [9.17, 15) is 14.3 Å². The van der Waals surface area contributed by atoms with Gasteiger partial charge in [-0.1, -0.05) is 0 Å². The van der Waals surface area contributed by atoms with Gasteiger partial charge >= 0.3 is 0 Å². The number of hydrogen-bond donors (Lipinski definition) is 3. The topological polar surface area (TPSA) is 69.6 Å². The molecular weight excluding hydrogens is 225 g/mol. The molecule has 3 N–H and O–H groups in total. The van der Waals surface area contributed by atoms with Crippen molar-refractivity contribution >= 4 is 5.91 Å². The number of rotatable bonds is 4. The Kier molecular flexibility index (Phi) is 4.20.